The van der Waals surface area contributed by atoms with Crippen LogP contribution in [0.4, 0.5) is 10.2 Å². The number of aromatic nitrogens is 2. The molecular weight excluding hydrogens is 407 g/mol. The van der Waals surface area contributed by atoms with Crippen LogP contribution in [0.15, 0.2) is 24.3 Å². The summed E-state index contributed by atoms with van der Waals surface area (Å²) >= 11 is 0. The van der Waals surface area contributed by atoms with E-state index in [1.807, 2.05) is 13.0 Å². The van der Waals surface area contributed by atoms with E-state index in [4.69, 9.17) is 9.47 Å². The first-order valence-corrected chi connectivity index (χ1v) is 11.8. The summed E-state index contributed by atoms with van der Waals surface area (Å²) in [6, 6.07) is 6.95. The number of ether oxygens (including phenoxy) is 2. The lowest BCUT2D eigenvalue weighted by Crippen LogP contribution is -2.32. The highest BCUT2D eigenvalue weighted by molar-refractivity contribution is 5.67. The van der Waals surface area contributed by atoms with E-state index in [0.717, 1.165) is 54.9 Å². The van der Waals surface area contributed by atoms with Gasteiger partial charge in [0.25, 0.3) is 0 Å². The summed E-state index contributed by atoms with van der Waals surface area (Å²) in [4.78, 5) is 2.68. The molecule has 3 fully saturated rings. The Kier molecular flexibility index (Phi) is 6.28. The Bertz CT molecular complexity index is 936. The van der Waals surface area contributed by atoms with E-state index in [1.54, 1.807) is 13.2 Å². The van der Waals surface area contributed by atoms with Crippen molar-refractivity contribution in [3.8, 4) is 17.0 Å². The predicted octanol–water partition coefficient (Wildman–Crippen LogP) is 4.15. The predicted molar refractivity (Wildman–Crippen MR) is 122 cm³/mol. The highest BCUT2D eigenvalue weighted by atomic mass is 19.1. The van der Waals surface area contributed by atoms with Crippen molar-refractivity contribution in [3.05, 3.63) is 35.6 Å². The van der Waals surface area contributed by atoms with Crippen LogP contribution in [0.2, 0.25) is 0 Å². The molecule has 5 rings (SSSR count). The third kappa shape index (κ3) is 4.59. The number of fused-ring (bicyclic) bond motifs is 1. The third-order valence-corrected chi connectivity index (χ3v) is 7.48. The normalized spacial score (nSPS) is 24.6. The summed E-state index contributed by atoms with van der Waals surface area (Å²) in [5, 5.41) is 12.4. The van der Waals surface area contributed by atoms with Crippen molar-refractivity contribution in [1.29, 1.82) is 0 Å². The maximum absolute atomic E-state index is 13.7. The lowest BCUT2D eigenvalue weighted by molar-refractivity contribution is 0.0545. The van der Waals surface area contributed by atoms with Crippen LogP contribution >= 0.6 is 0 Å². The Balaban J connectivity index is 1.21. The van der Waals surface area contributed by atoms with Gasteiger partial charge in [-0.05, 0) is 68.1 Å². The van der Waals surface area contributed by atoms with Gasteiger partial charge < -0.3 is 19.7 Å². The number of rotatable bonds is 6. The van der Waals surface area contributed by atoms with Gasteiger partial charge in [0.05, 0.1) is 12.8 Å². The van der Waals surface area contributed by atoms with Crippen LogP contribution in [-0.4, -0.2) is 61.1 Å². The van der Waals surface area contributed by atoms with Gasteiger partial charge in [0.2, 0.25) is 0 Å². The summed E-state index contributed by atoms with van der Waals surface area (Å²) in [5.74, 6) is 3.35. The van der Waals surface area contributed by atoms with Crippen LogP contribution in [0.5, 0.6) is 5.75 Å². The summed E-state index contributed by atoms with van der Waals surface area (Å²) in [7, 11) is 1.64. The van der Waals surface area contributed by atoms with E-state index in [9.17, 15) is 4.39 Å². The molecule has 0 radical (unpaired) electrons. The minimum Gasteiger partial charge on any atom is -0.493 e. The molecule has 1 aromatic carbocycles. The van der Waals surface area contributed by atoms with Gasteiger partial charge in [-0.3, -0.25) is 0 Å². The summed E-state index contributed by atoms with van der Waals surface area (Å²) < 4.78 is 24.8. The number of hydrogen-bond donors (Lipinski definition) is 1. The van der Waals surface area contributed by atoms with Crippen LogP contribution in [0.3, 0.4) is 0 Å². The number of nitrogens with zero attached hydrogens (tertiary/aromatic N) is 3. The van der Waals surface area contributed by atoms with Gasteiger partial charge in [0.1, 0.15) is 5.82 Å². The zero-order valence-corrected chi connectivity index (χ0v) is 19.0. The van der Waals surface area contributed by atoms with Crippen molar-refractivity contribution < 1.29 is 13.9 Å². The lowest BCUT2D eigenvalue weighted by atomic mass is 10.00. The highest BCUT2D eigenvalue weighted by Gasteiger charge is 2.41. The summed E-state index contributed by atoms with van der Waals surface area (Å²) in [6.45, 7) is 7.45. The average Bonchev–Trinajstić information content (AvgIpc) is 3.34. The van der Waals surface area contributed by atoms with Crippen molar-refractivity contribution >= 4 is 5.82 Å². The van der Waals surface area contributed by atoms with Crippen molar-refractivity contribution in [2.75, 3.05) is 45.3 Å². The molecule has 2 aliphatic heterocycles. The van der Waals surface area contributed by atoms with Gasteiger partial charge in [0, 0.05) is 50.5 Å². The minimum atomic E-state index is -0.281. The molecule has 7 heteroatoms. The fourth-order valence-corrected chi connectivity index (χ4v) is 5.78. The number of anilines is 1. The molecule has 0 unspecified atom stereocenters. The molecule has 2 atom stereocenters. The summed E-state index contributed by atoms with van der Waals surface area (Å²) in [5.41, 5.74) is 2.32. The second-order valence-corrected chi connectivity index (χ2v) is 9.71. The molecule has 0 spiro atoms. The molecule has 1 aromatic heterocycles. The molecule has 2 aromatic rings. The van der Waals surface area contributed by atoms with Crippen LogP contribution in [0, 0.1) is 30.5 Å². The standard InChI is InChI=1S/C25H33FN4O2/c1-16-3-4-20(26)11-22(16)23-12-24(31-2)25(29-28-23)27-21-9-18-14-30(15-19(18)10-21)13-17-5-7-32-8-6-17/h3-4,11-12,17-19,21H,5-10,13-15H2,1-2H3,(H,27,29)/t18-,19-/m1/s1. The second kappa shape index (κ2) is 9.32. The van der Waals surface area contributed by atoms with Gasteiger partial charge >= 0.3 is 0 Å². The molecule has 1 N–H and O–H groups in total. The van der Waals surface area contributed by atoms with Crippen LogP contribution in [0.1, 0.15) is 31.2 Å². The topological polar surface area (TPSA) is 59.5 Å². The first-order valence-electron chi connectivity index (χ1n) is 11.8. The average molecular weight is 441 g/mol. The molecule has 32 heavy (non-hydrogen) atoms. The van der Waals surface area contributed by atoms with Gasteiger partial charge in [-0.1, -0.05) is 6.07 Å². The first kappa shape index (κ1) is 21.6. The Morgan fingerprint density at radius 3 is 2.59 bits per heavy atom. The summed E-state index contributed by atoms with van der Waals surface area (Å²) in [6.07, 6.45) is 4.73. The monoisotopic (exact) mass is 440 g/mol. The van der Waals surface area contributed by atoms with Crippen LogP contribution in [0.25, 0.3) is 11.3 Å². The molecule has 0 amide bonds. The maximum atomic E-state index is 13.7. The molecular formula is C25H33FN4O2. The quantitative estimate of drug-likeness (QED) is 0.728. The van der Waals surface area contributed by atoms with E-state index < -0.39 is 0 Å². The van der Waals surface area contributed by atoms with E-state index in [1.165, 1.54) is 44.6 Å². The molecule has 3 heterocycles. The molecule has 6 nitrogen and oxygen atoms in total. The smallest absolute Gasteiger partial charge is 0.191 e. The van der Waals surface area contributed by atoms with Crippen LogP contribution in [-0.2, 0) is 4.74 Å². The molecule has 2 saturated heterocycles. The number of methoxy groups -OCH3 is 1. The number of hydrogen-bond acceptors (Lipinski definition) is 6. The molecule has 3 aliphatic rings. The second-order valence-electron chi connectivity index (χ2n) is 9.71. The first-order chi connectivity index (χ1) is 15.6. The number of nitrogens with one attached hydrogen (secondary N) is 1. The number of benzene rings is 1. The van der Waals surface area contributed by atoms with E-state index in [-0.39, 0.29) is 5.82 Å². The zero-order chi connectivity index (χ0) is 22.1. The van der Waals surface area contributed by atoms with Crippen LogP contribution < -0.4 is 10.1 Å². The molecule has 1 aliphatic carbocycles. The third-order valence-electron chi connectivity index (χ3n) is 7.48. The maximum Gasteiger partial charge on any atom is 0.191 e. The van der Waals surface area contributed by atoms with E-state index >= 15 is 0 Å². The fourth-order valence-electron chi connectivity index (χ4n) is 5.78. The fraction of sp³-hybridized carbons (Fsp3) is 0.600. The number of halogens is 1. The van der Waals surface area contributed by atoms with Crippen molar-refractivity contribution in [1.82, 2.24) is 15.1 Å². The lowest BCUT2D eigenvalue weighted by Gasteiger charge is -2.27. The number of likely N-dealkylation sites (tertiary alicyclic amines) is 1. The van der Waals surface area contributed by atoms with E-state index in [2.05, 4.69) is 20.4 Å². The van der Waals surface area contributed by atoms with E-state index in [0.29, 0.717) is 23.3 Å². The zero-order valence-electron chi connectivity index (χ0n) is 19.0. The van der Waals surface area contributed by atoms with Gasteiger partial charge in [-0.2, -0.15) is 0 Å². The number of aryl methyl sites for hydroxylation is 1. The Morgan fingerprint density at radius 2 is 1.88 bits per heavy atom. The van der Waals surface area contributed by atoms with Crippen molar-refractivity contribution in [3.63, 3.8) is 0 Å². The van der Waals surface area contributed by atoms with Crippen molar-refractivity contribution in [2.24, 2.45) is 17.8 Å². The van der Waals surface area contributed by atoms with Gasteiger partial charge in [-0.25, -0.2) is 4.39 Å². The highest BCUT2D eigenvalue weighted by Crippen LogP contribution is 2.40. The molecule has 1 saturated carbocycles. The van der Waals surface area contributed by atoms with Gasteiger partial charge in [0.15, 0.2) is 11.6 Å². The Labute approximate surface area is 189 Å². The molecule has 0 bridgehead atoms. The largest absolute Gasteiger partial charge is 0.493 e. The Morgan fingerprint density at radius 1 is 1.12 bits per heavy atom. The Hall–Kier alpha value is -2.25. The van der Waals surface area contributed by atoms with Crippen molar-refractivity contribution in [2.45, 2.75) is 38.6 Å². The molecule has 172 valence electrons. The van der Waals surface area contributed by atoms with Gasteiger partial charge in [-0.15, -0.1) is 10.2 Å². The minimum absolute atomic E-state index is 0.281. The SMILES string of the molecule is COc1cc(-c2cc(F)ccc2C)nnc1NC1C[C@@H]2CN(CC3CCOCC3)C[C@H]2C1.